The Kier molecular flexibility index (Phi) is 4.85. The highest BCUT2D eigenvalue weighted by atomic mass is 127. The van der Waals surface area contributed by atoms with Crippen LogP contribution in [0, 0.1) is 9.49 Å². The minimum Gasteiger partial charge on any atom is -0.475 e. The Bertz CT molecular complexity index is 652. The Morgan fingerprint density at radius 1 is 1.50 bits per heavy atom. The molecule has 0 atom stereocenters. The molecular weight excluding hydrogens is 437 g/mol. The van der Waals surface area contributed by atoms with Crippen LogP contribution in [0.5, 0.6) is 0 Å². The molecule has 0 amide bonds. The largest absolute Gasteiger partial charge is 0.475 e. The fourth-order valence-corrected chi connectivity index (χ4v) is 2.75. The monoisotopic (exact) mass is 449 g/mol. The normalized spacial score (nSPS) is 11.1. The molecule has 0 unspecified atom stereocenters. The topological polar surface area (TPSA) is 63.3 Å². The molecular formula is C14H13BrINO3. The van der Waals surface area contributed by atoms with Crippen LogP contribution in [-0.2, 0) is 6.42 Å². The van der Waals surface area contributed by atoms with Crippen molar-refractivity contribution >= 4 is 44.5 Å². The summed E-state index contributed by atoms with van der Waals surface area (Å²) in [6.07, 6.45) is 0.579. The van der Waals surface area contributed by atoms with E-state index in [-0.39, 0.29) is 5.76 Å². The Balaban J connectivity index is 2.52. The number of hydrogen-bond donors (Lipinski definition) is 1. The molecule has 0 saturated heterocycles. The first-order valence-corrected chi connectivity index (χ1v) is 7.94. The van der Waals surface area contributed by atoms with Crippen LogP contribution in [0.3, 0.4) is 0 Å². The zero-order valence-corrected chi connectivity index (χ0v) is 14.7. The second kappa shape index (κ2) is 6.26. The quantitative estimate of drug-likeness (QED) is 0.692. The van der Waals surface area contributed by atoms with E-state index in [1.54, 1.807) is 0 Å². The van der Waals surface area contributed by atoms with Gasteiger partial charge in [0.1, 0.15) is 0 Å². The van der Waals surface area contributed by atoms with E-state index in [9.17, 15) is 9.90 Å². The predicted octanol–water partition coefficient (Wildman–Crippen LogP) is 4.61. The van der Waals surface area contributed by atoms with Crippen molar-refractivity contribution in [3.05, 3.63) is 37.7 Å². The molecule has 1 aromatic heterocycles. The third-order valence-corrected chi connectivity index (χ3v) is 4.09. The van der Waals surface area contributed by atoms with Crippen molar-refractivity contribution in [3.8, 4) is 11.5 Å². The van der Waals surface area contributed by atoms with Gasteiger partial charge in [-0.25, -0.2) is 9.78 Å². The summed E-state index contributed by atoms with van der Waals surface area (Å²) in [5.41, 5.74) is 1.29. The van der Waals surface area contributed by atoms with Crippen LogP contribution in [-0.4, -0.2) is 16.1 Å². The molecule has 4 nitrogen and oxygen atoms in total. The molecule has 0 fully saturated rings. The second-order valence-electron chi connectivity index (χ2n) is 4.82. The van der Waals surface area contributed by atoms with Gasteiger partial charge < -0.3 is 9.52 Å². The first-order valence-electron chi connectivity index (χ1n) is 6.07. The predicted molar refractivity (Wildman–Crippen MR) is 87.9 cm³/mol. The highest BCUT2D eigenvalue weighted by Gasteiger charge is 2.22. The van der Waals surface area contributed by atoms with E-state index >= 15 is 0 Å². The van der Waals surface area contributed by atoms with Gasteiger partial charge in [0.15, 0.2) is 0 Å². The molecule has 1 N–H and O–H groups in total. The molecule has 20 heavy (non-hydrogen) atoms. The number of halogens is 2. The maximum Gasteiger partial charge on any atom is 0.373 e. The van der Waals surface area contributed by atoms with Crippen LogP contribution in [0.2, 0.25) is 0 Å². The van der Waals surface area contributed by atoms with Crippen molar-refractivity contribution in [2.75, 3.05) is 0 Å². The first kappa shape index (κ1) is 15.5. The number of oxazole rings is 1. The summed E-state index contributed by atoms with van der Waals surface area (Å²) >= 11 is 5.58. The van der Waals surface area contributed by atoms with Crippen molar-refractivity contribution < 1.29 is 14.3 Å². The number of carboxylic acid groups (broad SMARTS) is 1. The lowest BCUT2D eigenvalue weighted by Gasteiger charge is -2.00. The van der Waals surface area contributed by atoms with Gasteiger partial charge in [-0.1, -0.05) is 29.8 Å². The molecule has 6 heteroatoms. The van der Waals surface area contributed by atoms with Crippen molar-refractivity contribution in [2.45, 2.75) is 20.3 Å². The fraction of sp³-hybridized carbons (Fsp3) is 0.286. The lowest BCUT2D eigenvalue weighted by atomic mass is 10.1. The number of benzene rings is 1. The Hall–Kier alpha value is -0.890. The van der Waals surface area contributed by atoms with E-state index < -0.39 is 5.97 Å². The molecule has 0 radical (unpaired) electrons. The summed E-state index contributed by atoms with van der Waals surface area (Å²) in [6.45, 7) is 4.03. The first-order chi connectivity index (χ1) is 9.38. The van der Waals surface area contributed by atoms with E-state index in [2.05, 4.69) is 43.5 Å². The third-order valence-electron chi connectivity index (χ3n) is 2.65. The number of carbonyl (C=O) groups is 1. The SMILES string of the molecule is CC(C)Cc1nc(-c2cc(Br)ccc2I)oc1C(=O)O. The van der Waals surface area contributed by atoms with Gasteiger partial charge >= 0.3 is 5.97 Å². The zero-order chi connectivity index (χ0) is 14.9. The van der Waals surface area contributed by atoms with Gasteiger partial charge in [-0.3, -0.25) is 0 Å². The average Bonchev–Trinajstić information content (AvgIpc) is 2.75. The van der Waals surface area contributed by atoms with Gasteiger partial charge in [0.05, 0.1) is 11.3 Å². The zero-order valence-electron chi connectivity index (χ0n) is 11.0. The van der Waals surface area contributed by atoms with Gasteiger partial charge in [-0.05, 0) is 53.1 Å². The van der Waals surface area contributed by atoms with Crippen LogP contribution in [0.25, 0.3) is 11.5 Å². The summed E-state index contributed by atoms with van der Waals surface area (Å²) in [7, 11) is 0. The van der Waals surface area contributed by atoms with Gasteiger partial charge in [-0.2, -0.15) is 0 Å². The number of nitrogens with zero attached hydrogens (tertiary/aromatic N) is 1. The Labute approximate surface area is 138 Å². The maximum atomic E-state index is 11.3. The van der Waals surface area contributed by atoms with Crippen LogP contribution in [0.1, 0.15) is 30.1 Å². The highest BCUT2D eigenvalue weighted by Crippen LogP contribution is 2.30. The lowest BCUT2D eigenvalue weighted by molar-refractivity contribution is 0.0661. The van der Waals surface area contributed by atoms with Crippen molar-refractivity contribution in [1.29, 1.82) is 0 Å². The van der Waals surface area contributed by atoms with Gasteiger partial charge in [0, 0.05) is 8.04 Å². The molecule has 2 aromatic rings. The minimum atomic E-state index is -1.08. The van der Waals surface area contributed by atoms with Crippen LogP contribution >= 0.6 is 38.5 Å². The van der Waals surface area contributed by atoms with Crippen molar-refractivity contribution in [2.24, 2.45) is 5.92 Å². The molecule has 1 aromatic carbocycles. The molecule has 2 rings (SSSR count). The minimum absolute atomic E-state index is 0.0653. The second-order valence-corrected chi connectivity index (χ2v) is 6.90. The van der Waals surface area contributed by atoms with Gasteiger partial charge in [0.25, 0.3) is 0 Å². The van der Waals surface area contributed by atoms with E-state index in [0.29, 0.717) is 23.9 Å². The van der Waals surface area contributed by atoms with E-state index in [4.69, 9.17) is 4.42 Å². The lowest BCUT2D eigenvalue weighted by Crippen LogP contribution is -2.03. The third kappa shape index (κ3) is 3.41. The van der Waals surface area contributed by atoms with Crippen LogP contribution in [0.4, 0.5) is 0 Å². The molecule has 0 aliphatic carbocycles. The van der Waals surface area contributed by atoms with Gasteiger partial charge in [-0.15, -0.1) is 0 Å². The summed E-state index contributed by atoms with van der Waals surface area (Å²) in [4.78, 5) is 15.6. The average molecular weight is 450 g/mol. The van der Waals surface area contributed by atoms with Crippen LogP contribution < -0.4 is 0 Å². The summed E-state index contributed by atoms with van der Waals surface area (Å²) in [5.74, 6) is -0.481. The van der Waals surface area contributed by atoms with Crippen LogP contribution in [0.15, 0.2) is 27.1 Å². The Morgan fingerprint density at radius 3 is 2.80 bits per heavy atom. The summed E-state index contributed by atoms with van der Waals surface area (Å²) < 4.78 is 7.32. The Morgan fingerprint density at radius 2 is 2.20 bits per heavy atom. The number of aromatic nitrogens is 1. The van der Waals surface area contributed by atoms with E-state index in [0.717, 1.165) is 13.6 Å². The summed E-state index contributed by atoms with van der Waals surface area (Å²) in [6, 6.07) is 5.71. The number of rotatable bonds is 4. The fourth-order valence-electron chi connectivity index (χ4n) is 1.82. The molecule has 0 bridgehead atoms. The number of carboxylic acids is 1. The smallest absolute Gasteiger partial charge is 0.373 e. The number of aromatic carboxylic acids is 1. The highest BCUT2D eigenvalue weighted by molar-refractivity contribution is 14.1. The molecule has 0 spiro atoms. The summed E-state index contributed by atoms with van der Waals surface area (Å²) in [5, 5.41) is 9.22. The molecule has 0 aliphatic rings. The van der Waals surface area contributed by atoms with E-state index in [1.165, 1.54) is 0 Å². The van der Waals surface area contributed by atoms with Crippen molar-refractivity contribution in [1.82, 2.24) is 4.98 Å². The van der Waals surface area contributed by atoms with E-state index in [1.807, 2.05) is 32.0 Å². The molecule has 106 valence electrons. The standard InChI is InChI=1S/C14H13BrINO3/c1-7(2)5-11-12(14(18)19)20-13(17-11)9-6-8(15)3-4-10(9)16/h3-4,6-7H,5H2,1-2H3,(H,18,19). The molecule has 1 heterocycles. The maximum absolute atomic E-state index is 11.3. The van der Waals surface area contributed by atoms with Gasteiger partial charge in [0.2, 0.25) is 11.7 Å². The molecule has 0 saturated carbocycles. The molecule has 0 aliphatic heterocycles. The van der Waals surface area contributed by atoms with Crippen molar-refractivity contribution in [3.63, 3.8) is 0 Å². The number of hydrogen-bond acceptors (Lipinski definition) is 3.